The van der Waals surface area contributed by atoms with Crippen LogP contribution >= 0.6 is 0 Å². The monoisotopic (exact) mass is 274 g/mol. The molecule has 18 heavy (non-hydrogen) atoms. The lowest BCUT2D eigenvalue weighted by Gasteiger charge is -2.05. The zero-order valence-corrected chi connectivity index (χ0v) is 9.81. The summed E-state index contributed by atoms with van der Waals surface area (Å²) in [7, 11) is -3.97. The summed E-state index contributed by atoms with van der Waals surface area (Å²) < 4.78 is 25.2. The molecule has 0 unspecified atom stereocenters. The number of nitrogens with zero attached hydrogens (tertiary/aromatic N) is 1. The highest BCUT2D eigenvalue weighted by Gasteiger charge is 2.19. The number of amides is 1. The standard InChI is InChI=1S/C8H10N4O5S/c9-6-3-5(1-2-7(6)12(14)15)18(16,17)11-4-8(10)13/h1-3,11H,4,9H2,(H2,10,13). The molecule has 1 aromatic rings. The van der Waals surface area contributed by atoms with Crippen LogP contribution < -0.4 is 16.2 Å². The number of primary amides is 1. The third-order valence-electron chi connectivity index (χ3n) is 1.94. The normalized spacial score (nSPS) is 11.1. The molecule has 0 spiro atoms. The number of sulfonamides is 1. The van der Waals surface area contributed by atoms with Gasteiger partial charge in [0.05, 0.1) is 16.4 Å². The van der Waals surface area contributed by atoms with Crippen LogP contribution in [0, 0.1) is 10.1 Å². The van der Waals surface area contributed by atoms with E-state index in [1.807, 2.05) is 4.72 Å². The van der Waals surface area contributed by atoms with E-state index in [0.29, 0.717) is 0 Å². The van der Waals surface area contributed by atoms with Crippen LogP contribution in [0.3, 0.4) is 0 Å². The highest BCUT2D eigenvalue weighted by molar-refractivity contribution is 7.89. The van der Waals surface area contributed by atoms with Crippen molar-refractivity contribution in [2.45, 2.75) is 4.90 Å². The van der Waals surface area contributed by atoms with Gasteiger partial charge in [0.15, 0.2) is 0 Å². The van der Waals surface area contributed by atoms with Crippen LogP contribution in [0.15, 0.2) is 23.1 Å². The van der Waals surface area contributed by atoms with Crippen LogP contribution in [0.1, 0.15) is 0 Å². The topological polar surface area (TPSA) is 158 Å². The Labute approximate surface area is 102 Å². The van der Waals surface area contributed by atoms with Gasteiger partial charge in [0.2, 0.25) is 15.9 Å². The van der Waals surface area contributed by atoms with E-state index in [4.69, 9.17) is 11.5 Å². The van der Waals surface area contributed by atoms with Crippen molar-refractivity contribution in [2.24, 2.45) is 5.73 Å². The summed E-state index contributed by atoms with van der Waals surface area (Å²) in [6.45, 7) is -0.570. The number of carbonyl (C=O) groups excluding carboxylic acids is 1. The molecule has 1 rings (SSSR count). The van der Waals surface area contributed by atoms with E-state index in [-0.39, 0.29) is 10.6 Å². The highest BCUT2D eigenvalue weighted by Crippen LogP contribution is 2.24. The number of nitro benzene ring substituents is 1. The van der Waals surface area contributed by atoms with E-state index in [0.717, 1.165) is 18.2 Å². The van der Waals surface area contributed by atoms with Crippen molar-refractivity contribution < 1.29 is 18.1 Å². The molecule has 0 saturated heterocycles. The first-order valence-corrected chi connectivity index (χ1v) is 6.04. The Balaban J connectivity index is 3.08. The first-order chi connectivity index (χ1) is 8.24. The summed E-state index contributed by atoms with van der Waals surface area (Å²) in [5.41, 5.74) is 9.45. The summed E-state index contributed by atoms with van der Waals surface area (Å²) in [5.74, 6) is -0.853. The molecule has 1 amide bonds. The molecule has 1 aromatic carbocycles. The molecular formula is C8H10N4O5S. The van der Waals surface area contributed by atoms with E-state index in [1.165, 1.54) is 0 Å². The lowest BCUT2D eigenvalue weighted by atomic mass is 10.3. The first-order valence-electron chi connectivity index (χ1n) is 4.56. The molecule has 0 aromatic heterocycles. The molecule has 5 N–H and O–H groups in total. The Morgan fingerprint density at radius 2 is 2.06 bits per heavy atom. The highest BCUT2D eigenvalue weighted by atomic mass is 32.2. The van der Waals surface area contributed by atoms with Gasteiger partial charge in [-0.05, 0) is 12.1 Å². The summed E-state index contributed by atoms with van der Waals surface area (Å²) in [6, 6.07) is 2.91. The van der Waals surface area contributed by atoms with Gasteiger partial charge in [0, 0.05) is 6.07 Å². The summed E-state index contributed by atoms with van der Waals surface area (Å²) in [6.07, 6.45) is 0. The van der Waals surface area contributed by atoms with E-state index >= 15 is 0 Å². The number of carbonyl (C=O) groups is 1. The van der Waals surface area contributed by atoms with Crippen molar-refractivity contribution in [1.82, 2.24) is 4.72 Å². The predicted octanol–water partition coefficient (Wildman–Crippen LogP) is -1.06. The number of rotatable bonds is 5. The van der Waals surface area contributed by atoms with Crippen LogP contribution in [-0.4, -0.2) is 25.8 Å². The Bertz CT molecular complexity index is 598. The fraction of sp³-hybridized carbons (Fsp3) is 0.125. The summed E-state index contributed by atoms with van der Waals surface area (Å²) in [5, 5.41) is 10.5. The Morgan fingerprint density at radius 3 is 2.50 bits per heavy atom. The quantitative estimate of drug-likeness (QED) is 0.352. The Kier molecular flexibility index (Phi) is 3.83. The van der Waals surface area contributed by atoms with Gasteiger partial charge in [-0.1, -0.05) is 0 Å². The van der Waals surface area contributed by atoms with E-state index in [1.54, 1.807) is 0 Å². The number of hydrogen-bond donors (Lipinski definition) is 3. The van der Waals surface area contributed by atoms with Gasteiger partial charge in [-0.2, -0.15) is 0 Å². The zero-order chi connectivity index (χ0) is 13.9. The first kappa shape index (κ1) is 13.9. The molecule has 9 nitrogen and oxygen atoms in total. The second-order valence-corrected chi connectivity index (χ2v) is 5.04. The van der Waals surface area contributed by atoms with Crippen molar-refractivity contribution >= 4 is 27.3 Å². The number of nitrogens with two attached hydrogens (primary N) is 2. The molecule has 0 aliphatic heterocycles. The molecule has 0 bridgehead atoms. The Morgan fingerprint density at radius 1 is 1.44 bits per heavy atom. The number of anilines is 1. The predicted molar refractivity (Wildman–Crippen MR) is 61.9 cm³/mol. The second-order valence-electron chi connectivity index (χ2n) is 3.27. The van der Waals surface area contributed by atoms with Gasteiger partial charge < -0.3 is 11.5 Å². The van der Waals surface area contributed by atoms with Crippen LogP contribution in [0.5, 0.6) is 0 Å². The third-order valence-corrected chi connectivity index (χ3v) is 3.34. The molecule has 0 saturated carbocycles. The Hall–Kier alpha value is -2.20. The van der Waals surface area contributed by atoms with Crippen molar-refractivity contribution in [2.75, 3.05) is 12.3 Å². The number of nitrogen functional groups attached to an aromatic ring is 1. The number of benzene rings is 1. The molecule has 10 heteroatoms. The van der Waals surface area contributed by atoms with Gasteiger partial charge >= 0.3 is 0 Å². The lowest BCUT2D eigenvalue weighted by Crippen LogP contribution is -2.33. The maximum absolute atomic E-state index is 11.6. The van der Waals surface area contributed by atoms with Crippen molar-refractivity contribution in [3.05, 3.63) is 28.3 Å². The van der Waals surface area contributed by atoms with Crippen molar-refractivity contribution in [3.8, 4) is 0 Å². The van der Waals surface area contributed by atoms with Gasteiger partial charge in [0.1, 0.15) is 5.69 Å². The zero-order valence-electron chi connectivity index (χ0n) is 8.99. The maximum atomic E-state index is 11.6. The maximum Gasteiger partial charge on any atom is 0.292 e. The number of nitro groups is 1. The molecule has 0 heterocycles. The lowest BCUT2D eigenvalue weighted by molar-refractivity contribution is -0.383. The molecule has 0 radical (unpaired) electrons. The molecule has 0 aliphatic rings. The van der Waals surface area contributed by atoms with Crippen LogP contribution in [-0.2, 0) is 14.8 Å². The van der Waals surface area contributed by atoms with Crippen molar-refractivity contribution in [3.63, 3.8) is 0 Å². The third kappa shape index (κ3) is 3.15. The molecule has 98 valence electrons. The molecule has 0 atom stereocenters. The smallest absolute Gasteiger partial charge is 0.292 e. The minimum atomic E-state index is -3.97. The van der Waals surface area contributed by atoms with Crippen molar-refractivity contribution in [1.29, 1.82) is 0 Å². The molecule has 0 fully saturated rings. The van der Waals surface area contributed by atoms with Crippen LogP contribution in [0.4, 0.5) is 11.4 Å². The van der Waals surface area contributed by atoms with E-state index in [9.17, 15) is 23.3 Å². The van der Waals surface area contributed by atoms with Gasteiger partial charge in [-0.15, -0.1) is 0 Å². The average molecular weight is 274 g/mol. The van der Waals surface area contributed by atoms with E-state index in [2.05, 4.69) is 0 Å². The number of nitrogens with one attached hydrogen (secondary N) is 1. The van der Waals surface area contributed by atoms with E-state index < -0.39 is 33.1 Å². The summed E-state index contributed by atoms with van der Waals surface area (Å²) in [4.78, 5) is 19.9. The second kappa shape index (κ2) is 4.98. The fourth-order valence-electron chi connectivity index (χ4n) is 1.12. The van der Waals surface area contributed by atoms with Crippen LogP contribution in [0.25, 0.3) is 0 Å². The van der Waals surface area contributed by atoms with Gasteiger partial charge in [-0.25, -0.2) is 13.1 Å². The summed E-state index contributed by atoms with van der Waals surface area (Å²) >= 11 is 0. The molecular weight excluding hydrogens is 264 g/mol. The fourth-order valence-corrected chi connectivity index (χ4v) is 2.14. The van der Waals surface area contributed by atoms with Crippen LogP contribution in [0.2, 0.25) is 0 Å². The average Bonchev–Trinajstić information content (AvgIpc) is 2.26. The minimum absolute atomic E-state index is 0.285. The molecule has 0 aliphatic carbocycles. The number of hydrogen-bond acceptors (Lipinski definition) is 6. The minimum Gasteiger partial charge on any atom is -0.393 e. The van der Waals surface area contributed by atoms with Gasteiger partial charge in [-0.3, -0.25) is 14.9 Å². The van der Waals surface area contributed by atoms with Gasteiger partial charge in [0.25, 0.3) is 5.69 Å². The SMILES string of the molecule is NC(=O)CNS(=O)(=O)c1ccc([N+](=O)[O-])c(N)c1. The largest absolute Gasteiger partial charge is 0.393 e.